The van der Waals surface area contributed by atoms with Crippen LogP contribution in [0.1, 0.15) is 18.9 Å². The van der Waals surface area contributed by atoms with Gasteiger partial charge in [-0.05, 0) is 37.1 Å². The Kier molecular flexibility index (Phi) is 4.82. The van der Waals surface area contributed by atoms with Crippen LogP contribution >= 0.6 is 15.9 Å². The first-order chi connectivity index (χ1) is 9.10. The fourth-order valence-corrected chi connectivity index (χ4v) is 2.32. The van der Waals surface area contributed by atoms with E-state index in [2.05, 4.69) is 28.2 Å². The second-order valence-electron chi connectivity index (χ2n) is 4.74. The summed E-state index contributed by atoms with van der Waals surface area (Å²) in [7, 11) is 0. The fourth-order valence-electron chi connectivity index (χ4n) is 2.08. The smallest absolute Gasteiger partial charge is 0.322 e. The fraction of sp³-hybridized carbons (Fsp3) is 0.500. The van der Waals surface area contributed by atoms with Crippen LogP contribution in [0.4, 0.5) is 10.5 Å². The lowest BCUT2D eigenvalue weighted by Gasteiger charge is -2.32. The summed E-state index contributed by atoms with van der Waals surface area (Å²) in [5.74, 6) is 0. The van der Waals surface area contributed by atoms with E-state index in [9.17, 15) is 4.79 Å². The lowest BCUT2D eigenvalue weighted by Crippen LogP contribution is -2.47. The number of halogens is 1. The zero-order valence-corrected chi connectivity index (χ0v) is 12.9. The number of nitrogens with zero attached hydrogens (tertiary/aromatic N) is 1. The molecule has 1 saturated heterocycles. The van der Waals surface area contributed by atoms with Gasteiger partial charge in [-0.3, -0.25) is 0 Å². The van der Waals surface area contributed by atoms with Gasteiger partial charge in [-0.25, -0.2) is 4.79 Å². The molecule has 2 rings (SSSR count). The van der Waals surface area contributed by atoms with Gasteiger partial charge in [0.2, 0.25) is 0 Å². The van der Waals surface area contributed by atoms with Gasteiger partial charge in [-0.2, -0.15) is 0 Å². The summed E-state index contributed by atoms with van der Waals surface area (Å²) in [6.45, 7) is 6.01. The van der Waals surface area contributed by atoms with Crippen LogP contribution in [0.2, 0.25) is 0 Å². The quantitative estimate of drug-likeness (QED) is 0.904. The van der Waals surface area contributed by atoms with Crippen molar-refractivity contribution >= 4 is 27.6 Å². The highest BCUT2D eigenvalue weighted by Crippen LogP contribution is 2.20. The van der Waals surface area contributed by atoms with Gasteiger partial charge in [-0.1, -0.05) is 22.9 Å². The van der Waals surface area contributed by atoms with Crippen molar-refractivity contribution in [1.82, 2.24) is 4.90 Å². The van der Waals surface area contributed by atoms with E-state index >= 15 is 0 Å². The Morgan fingerprint density at radius 1 is 1.58 bits per heavy atom. The molecule has 1 fully saturated rings. The zero-order valence-electron chi connectivity index (χ0n) is 11.3. The molecule has 4 nitrogen and oxygen atoms in total. The molecule has 19 heavy (non-hydrogen) atoms. The minimum absolute atomic E-state index is 0.0523. The van der Waals surface area contributed by atoms with Crippen molar-refractivity contribution in [2.24, 2.45) is 0 Å². The molecule has 0 aromatic heterocycles. The Morgan fingerprint density at radius 3 is 3.05 bits per heavy atom. The highest BCUT2D eigenvalue weighted by atomic mass is 79.9. The first-order valence-corrected chi connectivity index (χ1v) is 7.33. The molecular formula is C14H19BrN2O2. The maximum Gasteiger partial charge on any atom is 0.322 e. The van der Waals surface area contributed by atoms with E-state index in [-0.39, 0.29) is 12.1 Å². The van der Waals surface area contributed by atoms with Gasteiger partial charge in [0, 0.05) is 23.2 Å². The van der Waals surface area contributed by atoms with Crippen molar-refractivity contribution in [3.05, 3.63) is 28.2 Å². The number of anilines is 1. The van der Waals surface area contributed by atoms with Gasteiger partial charge >= 0.3 is 6.03 Å². The van der Waals surface area contributed by atoms with Crippen LogP contribution in [0.3, 0.4) is 0 Å². The molecule has 1 aromatic carbocycles. The summed E-state index contributed by atoms with van der Waals surface area (Å²) in [4.78, 5) is 14.0. The van der Waals surface area contributed by atoms with Gasteiger partial charge < -0.3 is 15.0 Å². The first-order valence-electron chi connectivity index (χ1n) is 6.54. The minimum Gasteiger partial charge on any atom is -0.375 e. The Bertz CT molecular complexity index is 465. The number of amides is 2. The number of urea groups is 1. The molecule has 0 saturated carbocycles. The van der Waals surface area contributed by atoms with Gasteiger partial charge in [0.1, 0.15) is 0 Å². The molecule has 1 atom stereocenters. The van der Waals surface area contributed by atoms with E-state index in [1.54, 1.807) is 0 Å². The summed E-state index contributed by atoms with van der Waals surface area (Å²) < 4.78 is 6.61. The van der Waals surface area contributed by atoms with Crippen molar-refractivity contribution in [2.45, 2.75) is 26.4 Å². The molecule has 104 valence electrons. The van der Waals surface area contributed by atoms with Crippen LogP contribution in [-0.4, -0.2) is 36.7 Å². The second-order valence-corrected chi connectivity index (χ2v) is 5.60. The molecule has 1 heterocycles. The summed E-state index contributed by atoms with van der Waals surface area (Å²) in [6.07, 6.45) is 1.09. The third-order valence-electron chi connectivity index (χ3n) is 3.29. The van der Waals surface area contributed by atoms with Crippen LogP contribution in [0.15, 0.2) is 22.7 Å². The number of hydrogen-bond acceptors (Lipinski definition) is 2. The summed E-state index contributed by atoms with van der Waals surface area (Å²) in [6, 6.07) is 5.74. The van der Waals surface area contributed by atoms with E-state index in [0.29, 0.717) is 19.7 Å². The first kappa shape index (κ1) is 14.3. The SMILES string of the molecule is CCC1CN(C(=O)Nc2ccc(Br)c(C)c2)CCO1. The normalized spacial score (nSPS) is 19.3. The Hall–Kier alpha value is -1.07. The molecule has 1 N–H and O–H groups in total. The number of benzene rings is 1. The van der Waals surface area contributed by atoms with E-state index in [1.807, 2.05) is 30.0 Å². The van der Waals surface area contributed by atoms with Crippen molar-refractivity contribution in [2.75, 3.05) is 25.0 Å². The molecule has 0 spiro atoms. The average Bonchev–Trinajstić information content (AvgIpc) is 2.43. The molecule has 1 unspecified atom stereocenters. The monoisotopic (exact) mass is 326 g/mol. The van der Waals surface area contributed by atoms with Crippen LogP contribution in [-0.2, 0) is 4.74 Å². The second kappa shape index (κ2) is 6.39. The standard InChI is InChI=1S/C14H19BrN2O2/c1-3-12-9-17(6-7-19-12)14(18)16-11-4-5-13(15)10(2)8-11/h4-5,8,12H,3,6-7,9H2,1-2H3,(H,16,18). The van der Waals surface area contributed by atoms with Gasteiger partial charge in [-0.15, -0.1) is 0 Å². The van der Waals surface area contributed by atoms with Gasteiger partial charge in [0.15, 0.2) is 0 Å². The number of carbonyl (C=O) groups excluding carboxylic acids is 1. The largest absolute Gasteiger partial charge is 0.375 e. The van der Waals surface area contributed by atoms with Crippen LogP contribution in [0, 0.1) is 6.92 Å². The summed E-state index contributed by atoms with van der Waals surface area (Å²) >= 11 is 3.45. The predicted molar refractivity (Wildman–Crippen MR) is 79.5 cm³/mol. The van der Waals surface area contributed by atoms with Crippen LogP contribution in [0.25, 0.3) is 0 Å². The highest BCUT2D eigenvalue weighted by Gasteiger charge is 2.22. The molecule has 1 aromatic rings. The van der Waals surface area contributed by atoms with E-state index < -0.39 is 0 Å². The number of morpholine rings is 1. The zero-order chi connectivity index (χ0) is 13.8. The van der Waals surface area contributed by atoms with Crippen LogP contribution < -0.4 is 5.32 Å². The number of hydrogen-bond donors (Lipinski definition) is 1. The third kappa shape index (κ3) is 3.70. The Labute approximate surface area is 122 Å². The van der Waals surface area contributed by atoms with Gasteiger partial charge in [0.25, 0.3) is 0 Å². The van der Waals surface area contributed by atoms with Gasteiger partial charge in [0.05, 0.1) is 12.7 Å². The predicted octanol–water partition coefficient (Wildman–Crippen LogP) is 3.40. The molecule has 0 radical (unpaired) electrons. The van der Waals surface area contributed by atoms with E-state index in [1.165, 1.54) is 0 Å². The van der Waals surface area contributed by atoms with E-state index in [0.717, 1.165) is 22.1 Å². The number of aryl methyl sites for hydroxylation is 1. The van der Waals surface area contributed by atoms with Crippen molar-refractivity contribution < 1.29 is 9.53 Å². The van der Waals surface area contributed by atoms with Crippen molar-refractivity contribution in [3.63, 3.8) is 0 Å². The molecule has 1 aliphatic rings. The lowest BCUT2D eigenvalue weighted by molar-refractivity contribution is -0.0134. The van der Waals surface area contributed by atoms with Crippen molar-refractivity contribution in [3.8, 4) is 0 Å². The molecular weight excluding hydrogens is 308 g/mol. The maximum atomic E-state index is 12.2. The maximum absolute atomic E-state index is 12.2. The third-order valence-corrected chi connectivity index (χ3v) is 4.18. The topological polar surface area (TPSA) is 41.6 Å². The number of rotatable bonds is 2. The highest BCUT2D eigenvalue weighted by molar-refractivity contribution is 9.10. The summed E-state index contributed by atoms with van der Waals surface area (Å²) in [5, 5.41) is 2.93. The molecule has 2 amide bonds. The summed E-state index contributed by atoms with van der Waals surface area (Å²) in [5.41, 5.74) is 1.93. The number of ether oxygens (including phenoxy) is 1. The Balaban J connectivity index is 1.98. The molecule has 1 aliphatic heterocycles. The molecule has 0 aliphatic carbocycles. The molecule has 0 bridgehead atoms. The minimum atomic E-state index is -0.0523. The lowest BCUT2D eigenvalue weighted by atomic mass is 10.2. The molecule has 5 heteroatoms. The van der Waals surface area contributed by atoms with E-state index in [4.69, 9.17) is 4.74 Å². The number of carbonyl (C=O) groups is 1. The number of nitrogens with one attached hydrogen (secondary N) is 1. The average molecular weight is 327 g/mol. The Morgan fingerprint density at radius 2 is 2.37 bits per heavy atom. The van der Waals surface area contributed by atoms with Crippen molar-refractivity contribution in [1.29, 1.82) is 0 Å². The van der Waals surface area contributed by atoms with Crippen LogP contribution in [0.5, 0.6) is 0 Å².